The number of nitrogens with zero attached hydrogens (tertiary/aromatic N) is 4. The van der Waals surface area contributed by atoms with E-state index in [0.717, 1.165) is 41.2 Å². The lowest BCUT2D eigenvalue weighted by Gasteiger charge is -2.20. The van der Waals surface area contributed by atoms with E-state index in [1.807, 2.05) is 72.7 Å². The molecule has 138 valence electrons. The largest absolute Gasteiger partial charge is 0.346 e. The van der Waals surface area contributed by atoms with Crippen LogP contribution in [0.3, 0.4) is 0 Å². The van der Waals surface area contributed by atoms with Crippen LogP contribution in [0.5, 0.6) is 0 Å². The van der Waals surface area contributed by atoms with Gasteiger partial charge in [0.2, 0.25) is 0 Å². The predicted molar refractivity (Wildman–Crippen MR) is 109 cm³/mol. The third-order valence-electron chi connectivity index (χ3n) is 5.16. The number of rotatable bonds is 2. The fourth-order valence-corrected chi connectivity index (χ4v) is 3.69. The Morgan fingerprint density at radius 3 is 2.68 bits per heavy atom. The van der Waals surface area contributed by atoms with Crippen LogP contribution >= 0.6 is 0 Å². The quantitative estimate of drug-likeness (QED) is 0.673. The lowest BCUT2D eigenvalue weighted by atomic mass is 10.1. The number of amides is 1. The Labute approximate surface area is 163 Å². The molecule has 0 spiro atoms. The molecule has 3 heterocycles. The maximum absolute atomic E-state index is 13.4. The number of aromatic nitrogens is 2. The number of fused-ring (bicyclic) bond motifs is 2. The van der Waals surface area contributed by atoms with Gasteiger partial charge in [-0.1, -0.05) is 24.3 Å². The van der Waals surface area contributed by atoms with Crippen molar-refractivity contribution >= 4 is 11.6 Å². The second kappa shape index (κ2) is 6.53. The fourth-order valence-electron chi connectivity index (χ4n) is 3.69. The minimum absolute atomic E-state index is 0.0307. The summed E-state index contributed by atoms with van der Waals surface area (Å²) in [6.07, 6.45) is 10.8. The summed E-state index contributed by atoms with van der Waals surface area (Å²) in [6.45, 7) is 2.78. The molecule has 5 heteroatoms. The zero-order valence-electron chi connectivity index (χ0n) is 15.6. The van der Waals surface area contributed by atoms with E-state index >= 15 is 0 Å². The number of hydrogen-bond acceptors (Lipinski definition) is 3. The first-order valence-electron chi connectivity index (χ1n) is 9.36. The van der Waals surface area contributed by atoms with Crippen molar-refractivity contribution in [2.24, 2.45) is 0 Å². The Bertz CT molecular complexity index is 1110. The van der Waals surface area contributed by atoms with Gasteiger partial charge in [-0.15, -0.1) is 0 Å². The monoisotopic (exact) mass is 368 g/mol. The third-order valence-corrected chi connectivity index (χ3v) is 5.16. The molecule has 0 fully saturated rings. The summed E-state index contributed by atoms with van der Waals surface area (Å²) in [5, 5.41) is 4.33. The third kappa shape index (κ3) is 2.81. The number of aryl methyl sites for hydroxylation is 1. The van der Waals surface area contributed by atoms with Crippen molar-refractivity contribution < 1.29 is 4.79 Å². The molecule has 28 heavy (non-hydrogen) atoms. The van der Waals surface area contributed by atoms with Gasteiger partial charge in [0.1, 0.15) is 0 Å². The summed E-state index contributed by atoms with van der Waals surface area (Å²) in [5.41, 5.74) is 5.90. The van der Waals surface area contributed by atoms with Gasteiger partial charge in [0.25, 0.3) is 5.91 Å². The van der Waals surface area contributed by atoms with E-state index in [1.165, 1.54) is 0 Å². The normalized spacial score (nSPS) is 15.1. The molecule has 1 aromatic heterocycles. The highest BCUT2D eigenvalue weighted by molar-refractivity contribution is 6.08. The molecule has 0 aliphatic carbocycles. The highest BCUT2D eigenvalue weighted by Gasteiger charge is 2.25. The van der Waals surface area contributed by atoms with Crippen LogP contribution in [0.2, 0.25) is 0 Å². The molecule has 0 radical (unpaired) electrons. The number of allylic oxidation sites excluding steroid dienone is 1. The second-order valence-corrected chi connectivity index (χ2v) is 7.15. The number of carbonyl (C=O) groups excluding carboxylic acids is 1. The molecule has 3 aromatic rings. The van der Waals surface area contributed by atoms with Gasteiger partial charge in [0, 0.05) is 42.8 Å². The SMILES string of the molecule is Cc1cnn(-c2ccc(C(=O)N3C=C4CC=CN4Cc4ccccc43)cc2)c1. The second-order valence-electron chi connectivity index (χ2n) is 7.15. The molecule has 0 saturated heterocycles. The van der Waals surface area contributed by atoms with E-state index in [0.29, 0.717) is 5.56 Å². The number of anilines is 1. The Kier molecular flexibility index (Phi) is 3.86. The van der Waals surface area contributed by atoms with Gasteiger partial charge in [0.15, 0.2) is 0 Å². The van der Waals surface area contributed by atoms with Crippen LogP contribution in [0.25, 0.3) is 5.69 Å². The van der Waals surface area contributed by atoms with Crippen molar-refractivity contribution in [3.8, 4) is 5.69 Å². The van der Waals surface area contributed by atoms with Gasteiger partial charge in [0.05, 0.1) is 17.6 Å². The van der Waals surface area contributed by atoms with Crippen LogP contribution in [0.1, 0.15) is 27.9 Å². The highest BCUT2D eigenvalue weighted by atomic mass is 16.2. The van der Waals surface area contributed by atoms with Gasteiger partial charge in [-0.25, -0.2) is 4.68 Å². The molecule has 2 aromatic carbocycles. The van der Waals surface area contributed by atoms with Crippen LogP contribution in [-0.4, -0.2) is 20.6 Å². The maximum atomic E-state index is 13.4. The zero-order chi connectivity index (χ0) is 19.1. The van der Waals surface area contributed by atoms with E-state index in [1.54, 1.807) is 4.90 Å². The van der Waals surface area contributed by atoms with Crippen LogP contribution in [-0.2, 0) is 6.54 Å². The molecular weight excluding hydrogens is 348 g/mol. The topological polar surface area (TPSA) is 41.4 Å². The molecule has 0 N–H and O–H groups in total. The predicted octanol–water partition coefficient (Wildman–Crippen LogP) is 4.40. The molecule has 5 nitrogen and oxygen atoms in total. The van der Waals surface area contributed by atoms with E-state index in [-0.39, 0.29) is 5.91 Å². The zero-order valence-corrected chi connectivity index (χ0v) is 15.6. The summed E-state index contributed by atoms with van der Waals surface area (Å²) in [6, 6.07) is 15.7. The molecule has 5 rings (SSSR count). The molecular formula is C23H20N4O. The Hall–Kier alpha value is -3.60. The first-order valence-corrected chi connectivity index (χ1v) is 9.36. The molecule has 2 aliphatic rings. The van der Waals surface area contributed by atoms with Gasteiger partial charge in [-0.2, -0.15) is 5.10 Å². The maximum Gasteiger partial charge on any atom is 0.262 e. The molecule has 0 saturated carbocycles. The Morgan fingerprint density at radius 2 is 1.89 bits per heavy atom. The number of para-hydroxylation sites is 1. The van der Waals surface area contributed by atoms with Gasteiger partial charge >= 0.3 is 0 Å². The van der Waals surface area contributed by atoms with Crippen molar-refractivity contribution in [2.45, 2.75) is 19.9 Å². The van der Waals surface area contributed by atoms with E-state index < -0.39 is 0 Å². The average molecular weight is 368 g/mol. The summed E-state index contributed by atoms with van der Waals surface area (Å²) in [7, 11) is 0. The average Bonchev–Trinajstić information content (AvgIpc) is 3.32. The van der Waals surface area contributed by atoms with Crippen LogP contribution < -0.4 is 4.90 Å². The van der Waals surface area contributed by atoms with E-state index in [4.69, 9.17) is 0 Å². The van der Waals surface area contributed by atoms with E-state index in [2.05, 4.69) is 28.3 Å². The van der Waals surface area contributed by atoms with Gasteiger partial charge < -0.3 is 4.90 Å². The minimum Gasteiger partial charge on any atom is -0.346 e. The molecule has 0 bridgehead atoms. The standard InChI is InChI=1S/C23H20N4O/c1-17-13-24-27(14-17)20-10-8-18(9-11-20)23(28)26-16-21-6-4-12-25(21)15-19-5-2-3-7-22(19)26/h2-5,7-14,16H,6,15H2,1H3. The lowest BCUT2D eigenvalue weighted by molar-refractivity contribution is 0.0997. The minimum atomic E-state index is -0.0307. The summed E-state index contributed by atoms with van der Waals surface area (Å²) in [4.78, 5) is 17.4. The highest BCUT2D eigenvalue weighted by Crippen LogP contribution is 2.33. The Morgan fingerprint density at radius 1 is 1.07 bits per heavy atom. The van der Waals surface area contributed by atoms with Crippen LogP contribution in [0, 0.1) is 6.92 Å². The smallest absolute Gasteiger partial charge is 0.262 e. The van der Waals surface area contributed by atoms with Crippen LogP contribution in [0.4, 0.5) is 5.69 Å². The molecule has 0 atom stereocenters. The number of benzene rings is 2. The summed E-state index contributed by atoms with van der Waals surface area (Å²) in [5.74, 6) is -0.0307. The summed E-state index contributed by atoms with van der Waals surface area (Å²) >= 11 is 0. The first-order chi connectivity index (χ1) is 13.7. The van der Waals surface area contributed by atoms with Gasteiger partial charge in [-0.3, -0.25) is 9.69 Å². The van der Waals surface area contributed by atoms with Crippen molar-refractivity contribution in [3.63, 3.8) is 0 Å². The van der Waals surface area contributed by atoms with Crippen molar-refractivity contribution in [2.75, 3.05) is 4.90 Å². The van der Waals surface area contributed by atoms with Crippen molar-refractivity contribution in [1.82, 2.24) is 14.7 Å². The first kappa shape index (κ1) is 16.6. The van der Waals surface area contributed by atoms with Gasteiger partial charge in [-0.05, 0) is 48.4 Å². The molecule has 1 amide bonds. The summed E-state index contributed by atoms with van der Waals surface area (Å²) < 4.78 is 1.81. The lowest BCUT2D eigenvalue weighted by Crippen LogP contribution is -2.26. The van der Waals surface area contributed by atoms with Crippen molar-refractivity contribution in [3.05, 3.63) is 102 Å². The number of carbonyl (C=O) groups is 1. The van der Waals surface area contributed by atoms with E-state index in [9.17, 15) is 4.79 Å². The van der Waals surface area contributed by atoms with Crippen LogP contribution in [0.15, 0.2) is 85.1 Å². The van der Waals surface area contributed by atoms with Crippen molar-refractivity contribution in [1.29, 1.82) is 0 Å². The fraction of sp³-hybridized carbons (Fsp3) is 0.130. The number of hydrogen-bond donors (Lipinski definition) is 0. The molecule has 2 aliphatic heterocycles. The Balaban J connectivity index is 1.51. The molecule has 0 unspecified atom stereocenters.